The highest BCUT2D eigenvalue weighted by Crippen LogP contribution is 2.24. The van der Waals surface area contributed by atoms with Crippen LogP contribution >= 0.6 is 11.8 Å². The predicted octanol–water partition coefficient (Wildman–Crippen LogP) is 3.67. The van der Waals surface area contributed by atoms with Gasteiger partial charge in [0.05, 0.1) is 5.75 Å². The van der Waals surface area contributed by atoms with Gasteiger partial charge in [0.2, 0.25) is 5.91 Å². The second kappa shape index (κ2) is 9.98. The van der Waals surface area contributed by atoms with E-state index in [0.29, 0.717) is 24.1 Å². The molecule has 1 aromatic heterocycles. The number of benzene rings is 1. The summed E-state index contributed by atoms with van der Waals surface area (Å²) in [5.74, 6) is 0.599. The Bertz CT molecular complexity index is 700. The number of halogens is 1. The molecule has 1 heterocycles. The monoisotopic (exact) mass is 362 g/mol. The van der Waals surface area contributed by atoms with E-state index in [0.717, 1.165) is 24.8 Å². The molecule has 25 heavy (non-hydrogen) atoms. The molecule has 2 rings (SSSR count). The number of rotatable bonds is 10. The summed E-state index contributed by atoms with van der Waals surface area (Å²) in [7, 11) is 0. The molecule has 1 aromatic carbocycles. The van der Waals surface area contributed by atoms with Crippen LogP contribution in [-0.4, -0.2) is 33.0 Å². The molecule has 0 saturated carbocycles. The number of amides is 1. The lowest BCUT2D eigenvalue weighted by molar-refractivity contribution is -0.118. The maximum Gasteiger partial charge on any atom is 0.230 e. The normalized spacial score (nSPS) is 10.6. The Kier molecular flexibility index (Phi) is 7.66. The first-order valence-electron chi connectivity index (χ1n) is 8.35. The highest BCUT2D eigenvalue weighted by Gasteiger charge is 2.14. The predicted molar refractivity (Wildman–Crippen MR) is 98.9 cm³/mol. The minimum absolute atomic E-state index is 0.0161. The summed E-state index contributed by atoms with van der Waals surface area (Å²) in [4.78, 5) is 11.9. The zero-order valence-corrected chi connectivity index (χ0v) is 15.2. The highest BCUT2D eigenvalue weighted by molar-refractivity contribution is 7.99. The quantitative estimate of drug-likeness (QED) is 0.398. The third kappa shape index (κ3) is 5.70. The molecule has 0 aliphatic heterocycles. The van der Waals surface area contributed by atoms with Gasteiger partial charge in [-0.2, -0.15) is 0 Å². The van der Waals surface area contributed by atoms with Gasteiger partial charge in [-0.15, -0.1) is 16.8 Å². The molecule has 0 aliphatic rings. The molecule has 0 aliphatic carbocycles. The molecule has 0 unspecified atom stereocenters. The molecule has 0 bridgehead atoms. The summed E-state index contributed by atoms with van der Waals surface area (Å²) in [5.41, 5.74) is 0.770. The van der Waals surface area contributed by atoms with Crippen molar-refractivity contribution in [2.45, 2.75) is 37.9 Å². The number of thioether (sulfide) groups is 1. The van der Waals surface area contributed by atoms with Crippen LogP contribution in [-0.2, 0) is 11.3 Å². The second-order valence-electron chi connectivity index (χ2n) is 5.56. The fraction of sp³-hybridized carbons (Fsp3) is 0.389. The summed E-state index contributed by atoms with van der Waals surface area (Å²) in [5, 5.41) is 11.9. The maximum atomic E-state index is 13.1. The standard InChI is InChI=1S/C18H23FN4OS/c1-3-5-6-11-20-16(24)13-25-18-22-21-17(23(18)12-4-2)14-7-9-15(19)10-8-14/h4,7-10H,2-3,5-6,11-13H2,1H3,(H,20,24). The SMILES string of the molecule is C=CCn1c(SCC(=O)NCCCCC)nnc1-c1ccc(F)cc1. The van der Waals surface area contributed by atoms with Crippen LogP contribution < -0.4 is 5.32 Å². The van der Waals surface area contributed by atoms with E-state index >= 15 is 0 Å². The average Bonchev–Trinajstić information content (AvgIpc) is 3.01. The summed E-state index contributed by atoms with van der Waals surface area (Å²) in [6.07, 6.45) is 4.98. The Morgan fingerprint density at radius 3 is 2.76 bits per heavy atom. The number of allylic oxidation sites excluding steroid dienone is 1. The minimum atomic E-state index is -0.298. The van der Waals surface area contributed by atoms with Crippen molar-refractivity contribution in [3.05, 3.63) is 42.7 Å². The van der Waals surface area contributed by atoms with E-state index in [2.05, 4.69) is 29.0 Å². The summed E-state index contributed by atoms with van der Waals surface area (Å²) >= 11 is 1.33. The van der Waals surface area contributed by atoms with E-state index in [9.17, 15) is 9.18 Å². The number of unbranched alkanes of at least 4 members (excludes halogenated alkanes) is 2. The fourth-order valence-electron chi connectivity index (χ4n) is 2.29. The minimum Gasteiger partial charge on any atom is -0.355 e. The molecule has 134 valence electrons. The lowest BCUT2D eigenvalue weighted by Crippen LogP contribution is -2.26. The Labute approximate surface area is 151 Å². The molecule has 2 aromatic rings. The third-order valence-electron chi connectivity index (χ3n) is 3.57. The van der Waals surface area contributed by atoms with Crippen molar-refractivity contribution >= 4 is 17.7 Å². The number of nitrogens with zero attached hydrogens (tertiary/aromatic N) is 3. The molecule has 0 fully saturated rings. The van der Waals surface area contributed by atoms with Crippen LogP contribution in [0.4, 0.5) is 4.39 Å². The van der Waals surface area contributed by atoms with Gasteiger partial charge in [-0.25, -0.2) is 4.39 Å². The van der Waals surface area contributed by atoms with Crippen LogP contribution in [0.5, 0.6) is 0 Å². The van der Waals surface area contributed by atoms with Gasteiger partial charge >= 0.3 is 0 Å². The van der Waals surface area contributed by atoms with Gasteiger partial charge in [0.1, 0.15) is 5.82 Å². The number of hydrogen-bond donors (Lipinski definition) is 1. The Morgan fingerprint density at radius 2 is 2.08 bits per heavy atom. The first-order valence-corrected chi connectivity index (χ1v) is 9.33. The van der Waals surface area contributed by atoms with Gasteiger partial charge in [0.15, 0.2) is 11.0 Å². The Hall–Kier alpha value is -2.15. The van der Waals surface area contributed by atoms with Crippen LogP contribution in [0, 0.1) is 5.82 Å². The van der Waals surface area contributed by atoms with Crippen molar-refractivity contribution < 1.29 is 9.18 Å². The zero-order valence-electron chi connectivity index (χ0n) is 14.4. The molecule has 0 spiro atoms. The van der Waals surface area contributed by atoms with E-state index in [1.807, 2.05) is 4.57 Å². The number of hydrogen-bond acceptors (Lipinski definition) is 4. The van der Waals surface area contributed by atoms with Gasteiger partial charge in [0.25, 0.3) is 0 Å². The van der Waals surface area contributed by atoms with Crippen LogP contribution in [0.15, 0.2) is 42.1 Å². The molecule has 0 radical (unpaired) electrons. The highest BCUT2D eigenvalue weighted by atomic mass is 32.2. The van der Waals surface area contributed by atoms with Gasteiger partial charge in [0, 0.05) is 18.7 Å². The maximum absolute atomic E-state index is 13.1. The molecule has 0 saturated heterocycles. The number of nitrogens with one attached hydrogen (secondary N) is 1. The first-order chi connectivity index (χ1) is 12.2. The molecule has 7 heteroatoms. The smallest absolute Gasteiger partial charge is 0.230 e. The van der Waals surface area contributed by atoms with Crippen molar-refractivity contribution in [1.29, 1.82) is 0 Å². The Balaban J connectivity index is 2.02. The topological polar surface area (TPSA) is 59.8 Å². The second-order valence-corrected chi connectivity index (χ2v) is 6.50. The van der Waals surface area contributed by atoms with Crippen molar-refractivity contribution in [2.75, 3.05) is 12.3 Å². The van der Waals surface area contributed by atoms with Crippen molar-refractivity contribution in [1.82, 2.24) is 20.1 Å². The molecule has 1 amide bonds. The third-order valence-corrected chi connectivity index (χ3v) is 4.53. The number of carbonyl (C=O) groups excluding carboxylic acids is 1. The molecule has 0 atom stereocenters. The van der Waals surface area contributed by atoms with Gasteiger partial charge < -0.3 is 5.32 Å². The van der Waals surface area contributed by atoms with Crippen LogP contribution in [0.3, 0.4) is 0 Å². The van der Waals surface area contributed by atoms with Crippen molar-refractivity contribution in [3.63, 3.8) is 0 Å². The van der Waals surface area contributed by atoms with E-state index in [1.54, 1.807) is 18.2 Å². The zero-order chi connectivity index (χ0) is 18.1. The summed E-state index contributed by atoms with van der Waals surface area (Å²) in [6.45, 7) is 7.10. The molecular weight excluding hydrogens is 339 g/mol. The van der Waals surface area contributed by atoms with Gasteiger partial charge in [-0.3, -0.25) is 9.36 Å². The first kappa shape index (κ1) is 19.2. The van der Waals surface area contributed by atoms with Crippen LogP contribution in [0.1, 0.15) is 26.2 Å². The molecule has 1 N–H and O–H groups in total. The van der Waals surface area contributed by atoms with E-state index in [1.165, 1.54) is 23.9 Å². The van der Waals surface area contributed by atoms with E-state index < -0.39 is 0 Å². The largest absolute Gasteiger partial charge is 0.355 e. The summed E-state index contributed by atoms with van der Waals surface area (Å²) < 4.78 is 15.0. The average molecular weight is 362 g/mol. The number of aromatic nitrogens is 3. The van der Waals surface area contributed by atoms with Crippen molar-refractivity contribution in [2.24, 2.45) is 0 Å². The van der Waals surface area contributed by atoms with Crippen molar-refractivity contribution in [3.8, 4) is 11.4 Å². The number of carbonyl (C=O) groups is 1. The van der Waals surface area contributed by atoms with E-state index in [-0.39, 0.29) is 17.5 Å². The molecule has 5 nitrogen and oxygen atoms in total. The van der Waals surface area contributed by atoms with Gasteiger partial charge in [-0.1, -0.05) is 37.6 Å². The Morgan fingerprint density at radius 1 is 1.32 bits per heavy atom. The van der Waals surface area contributed by atoms with E-state index in [4.69, 9.17) is 0 Å². The summed E-state index contributed by atoms with van der Waals surface area (Å²) in [6, 6.07) is 6.10. The lowest BCUT2D eigenvalue weighted by atomic mass is 10.2. The lowest BCUT2D eigenvalue weighted by Gasteiger charge is -2.08. The molecular formula is C18H23FN4OS. The van der Waals surface area contributed by atoms with Crippen LogP contribution in [0.25, 0.3) is 11.4 Å². The fourth-order valence-corrected chi connectivity index (χ4v) is 3.06. The van der Waals surface area contributed by atoms with Gasteiger partial charge in [-0.05, 0) is 30.7 Å². The van der Waals surface area contributed by atoms with Crippen LogP contribution in [0.2, 0.25) is 0 Å².